The molecule has 1 aromatic rings. The Bertz CT molecular complexity index is 286. The molecule has 1 rings (SSSR count). The second-order valence-corrected chi connectivity index (χ2v) is 4.84. The van der Waals surface area contributed by atoms with E-state index < -0.39 is 0 Å². The summed E-state index contributed by atoms with van der Waals surface area (Å²) in [6.07, 6.45) is 7.43. The van der Waals surface area contributed by atoms with Gasteiger partial charge in [-0.15, -0.1) is 0 Å². The lowest BCUT2D eigenvalue weighted by Crippen LogP contribution is -2.48. The van der Waals surface area contributed by atoms with Gasteiger partial charge in [0.05, 0.1) is 6.61 Å². The van der Waals surface area contributed by atoms with E-state index in [1.165, 1.54) is 0 Å². The molecule has 1 heterocycles. The minimum atomic E-state index is 0.162. The number of ether oxygens (including phenoxy) is 1. The molecule has 0 bridgehead atoms. The molecule has 3 nitrogen and oxygen atoms in total. The van der Waals surface area contributed by atoms with E-state index in [1.54, 1.807) is 0 Å². The Morgan fingerprint density at radius 2 is 2.00 bits per heavy atom. The van der Waals surface area contributed by atoms with E-state index in [4.69, 9.17) is 4.74 Å². The van der Waals surface area contributed by atoms with Crippen LogP contribution in [0.15, 0.2) is 18.7 Å². The Morgan fingerprint density at radius 3 is 2.53 bits per heavy atom. The van der Waals surface area contributed by atoms with Crippen molar-refractivity contribution in [3.05, 3.63) is 18.7 Å². The molecule has 86 valence electrons. The van der Waals surface area contributed by atoms with Gasteiger partial charge in [0, 0.05) is 6.61 Å². The Balaban J connectivity index is 2.40. The smallest absolute Gasteiger partial charge is 0.244 e. The minimum Gasteiger partial charge on any atom is -0.377 e. The highest BCUT2D eigenvalue weighted by atomic mass is 16.5. The summed E-state index contributed by atoms with van der Waals surface area (Å²) in [6.45, 7) is 11.3. The quantitative estimate of drug-likeness (QED) is 0.538. The molecule has 0 N–H and O–H groups in total. The summed E-state index contributed by atoms with van der Waals surface area (Å²) < 4.78 is 9.83. The Kier molecular flexibility index (Phi) is 4.33. The Morgan fingerprint density at radius 1 is 1.27 bits per heavy atom. The van der Waals surface area contributed by atoms with Crippen LogP contribution in [-0.4, -0.2) is 17.8 Å². The molecule has 0 radical (unpaired) electrons. The van der Waals surface area contributed by atoms with E-state index in [-0.39, 0.29) is 5.54 Å². The van der Waals surface area contributed by atoms with E-state index >= 15 is 0 Å². The van der Waals surface area contributed by atoms with Gasteiger partial charge in [-0.1, -0.05) is 6.92 Å². The summed E-state index contributed by atoms with van der Waals surface area (Å²) in [7, 11) is 0. The SMILES string of the molecule is CCCOCCn1cc[n+](C(C)(C)C)c1. The fourth-order valence-electron chi connectivity index (χ4n) is 1.34. The summed E-state index contributed by atoms with van der Waals surface area (Å²) in [5.74, 6) is 0. The number of rotatable bonds is 5. The van der Waals surface area contributed by atoms with Crippen molar-refractivity contribution >= 4 is 0 Å². The molecule has 0 aliphatic heterocycles. The molecule has 0 spiro atoms. The Hall–Kier alpha value is -0.830. The van der Waals surface area contributed by atoms with Crippen LogP contribution >= 0.6 is 0 Å². The monoisotopic (exact) mass is 211 g/mol. The van der Waals surface area contributed by atoms with Crippen LogP contribution < -0.4 is 4.57 Å². The first-order valence-electron chi connectivity index (χ1n) is 5.69. The first kappa shape index (κ1) is 12.2. The van der Waals surface area contributed by atoms with E-state index in [9.17, 15) is 0 Å². The highest BCUT2D eigenvalue weighted by Gasteiger charge is 2.18. The van der Waals surface area contributed by atoms with Gasteiger partial charge in [-0.25, -0.2) is 9.13 Å². The third-order valence-electron chi connectivity index (χ3n) is 2.31. The van der Waals surface area contributed by atoms with E-state index in [0.29, 0.717) is 0 Å². The fraction of sp³-hybridized carbons (Fsp3) is 0.750. The summed E-state index contributed by atoms with van der Waals surface area (Å²) in [4.78, 5) is 0. The van der Waals surface area contributed by atoms with E-state index in [2.05, 4.69) is 55.6 Å². The van der Waals surface area contributed by atoms with Crippen molar-refractivity contribution in [1.82, 2.24) is 4.57 Å². The second kappa shape index (κ2) is 5.31. The molecule has 0 amide bonds. The standard InChI is InChI=1S/C12H23N2O/c1-5-9-15-10-8-13-6-7-14(11-13)12(2,3)4/h6-7,11H,5,8-10H2,1-4H3/q+1. The van der Waals surface area contributed by atoms with Crippen molar-refractivity contribution < 1.29 is 9.30 Å². The third kappa shape index (κ3) is 4.04. The summed E-state index contributed by atoms with van der Waals surface area (Å²) in [6, 6.07) is 0. The van der Waals surface area contributed by atoms with Crippen LogP contribution in [0.1, 0.15) is 34.1 Å². The maximum Gasteiger partial charge on any atom is 0.244 e. The van der Waals surface area contributed by atoms with Crippen LogP contribution in [0.25, 0.3) is 0 Å². The summed E-state index contributed by atoms with van der Waals surface area (Å²) in [5, 5.41) is 0. The number of aromatic nitrogens is 2. The van der Waals surface area contributed by atoms with Gasteiger partial charge in [-0.05, 0) is 27.2 Å². The predicted molar refractivity (Wildman–Crippen MR) is 60.7 cm³/mol. The number of imidazole rings is 1. The van der Waals surface area contributed by atoms with Crippen LogP contribution in [0, 0.1) is 0 Å². The zero-order valence-electron chi connectivity index (χ0n) is 10.4. The number of hydrogen-bond acceptors (Lipinski definition) is 1. The third-order valence-corrected chi connectivity index (χ3v) is 2.31. The number of hydrogen-bond donors (Lipinski definition) is 0. The van der Waals surface area contributed by atoms with Crippen molar-refractivity contribution in [3.8, 4) is 0 Å². The zero-order chi connectivity index (χ0) is 11.3. The van der Waals surface area contributed by atoms with Gasteiger partial charge in [0.2, 0.25) is 6.33 Å². The second-order valence-electron chi connectivity index (χ2n) is 4.84. The van der Waals surface area contributed by atoms with Gasteiger partial charge < -0.3 is 4.74 Å². The van der Waals surface area contributed by atoms with E-state index in [0.717, 1.165) is 26.2 Å². The summed E-state index contributed by atoms with van der Waals surface area (Å²) >= 11 is 0. The summed E-state index contributed by atoms with van der Waals surface area (Å²) in [5.41, 5.74) is 0.162. The molecule has 0 fully saturated rings. The predicted octanol–water partition coefficient (Wildman–Crippen LogP) is 1.96. The highest BCUT2D eigenvalue weighted by Crippen LogP contribution is 2.02. The average Bonchev–Trinajstić information content (AvgIpc) is 2.60. The van der Waals surface area contributed by atoms with Crippen LogP contribution in [0.3, 0.4) is 0 Å². The van der Waals surface area contributed by atoms with Gasteiger partial charge in [-0.2, -0.15) is 0 Å². The van der Waals surface area contributed by atoms with E-state index in [1.807, 2.05) is 0 Å². The van der Waals surface area contributed by atoms with Crippen molar-refractivity contribution in [2.45, 2.75) is 46.2 Å². The van der Waals surface area contributed by atoms with Crippen LogP contribution in [-0.2, 0) is 16.8 Å². The topological polar surface area (TPSA) is 18.0 Å². The minimum absolute atomic E-state index is 0.162. The molecule has 0 saturated carbocycles. The van der Waals surface area contributed by atoms with Crippen LogP contribution in [0.2, 0.25) is 0 Å². The van der Waals surface area contributed by atoms with Crippen LogP contribution in [0.5, 0.6) is 0 Å². The molecule has 0 aliphatic rings. The van der Waals surface area contributed by atoms with Crippen LogP contribution in [0.4, 0.5) is 0 Å². The number of nitrogens with zero attached hydrogens (tertiary/aromatic N) is 2. The maximum absolute atomic E-state index is 5.45. The lowest BCUT2D eigenvalue weighted by atomic mass is 10.1. The van der Waals surface area contributed by atoms with Gasteiger partial charge >= 0.3 is 0 Å². The molecule has 0 atom stereocenters. The van der Waals surface area contributed by atoms with Crippen molar-refractivity contribution in [3.63, 3.8) is 0 Å². The first-order valence-corrected chi connectivity index (χ1v) is 5.69. The lowest BCUT2D eigenvalue weighted by Gasteiger charge is -2.13. The van der Waals surface area contributed by atoms with Gasteiger partial charge in [0.25, 0.3) is 0 Å². The first-order chi connectivity index (χ1) is 7.04. The van der Waals surface area contributed by atoms with Crippen molar-refractivity contribution in [1.29, 1.82) is 0 Å². The Labute approximate surface area is 92.7 Å². The normalized spacial score (nSPS) is 12.0. The molecule has 3 heteroatoms. The average molecular weight is 211 g/mol. The lowest BCUT2D eigenvalue weighted by molar-refractivity contribution is -0.753. The molecular formula is C12H23N2O+. The zero-order valence-corrected chi connectivity index (χ0v) is 10.4. The van der Waals surface area contributed by atoms with Crippen molar-refractivity contribution in [2.24, 2.45) is 0 Å². The van der Waals surface area contributed by atoms with Gasteiger partial charge in [-0.3, -0.25) is 0 Å². The fourth-order valence-corrected chi connectivity index (χ4v) is 1.34. The largest absolute Gasteiger partial charge is 0.377 e. The molecular weight excluding hydrogens is 188 g/mol. The molecule has 15 heavy (non-hydrogen) atoms. The van der Waals surface area contributed by atoms with Gasteiger partial charge in [0.1, 0.15) is 24.5 Å². The molecule has 0 unspecified atom stereocenters. The van der Waals surface area contributed by atoms with Crippen molar-refractivity contribution in [2.75, 3.05) is 13.2 Å². The molecule has 1 aromatic heterocycles. The van der Waals surface area contributed by atoms with Gasteiger partial charge in [0.15, 0.2) is 0 Å². The maximum atomic E-state index is 5.45. The molecule has 0 saturated heterocycles. The highest BCUT2D eigenvalue weighted by molar-refractivity contribution is 4.68. The molecule has 0 aromatic carbocycles. The molecule has 0 aliphatic carbocycles.